The molecular weight excluding hydrogens is 376 g/mol. The van der Waals surface area contributed by atoms with Crippen molar-refractivity contribution in [3.63, 3.8) is 0 Å². The summed E-state index contributed by atoms with van der Waals surface area (Å²) in [5.74, 6) is -0.0145. The van der Waals surface area contributed by atoms with Crippen LogP contribution in [-0.2, 0) is 0 Å². The first-order valence-corrected chi connectivity index (χ1v) is 9.09. The number of carboxylic acids is 1. The zero-order valence-electron chi connectivity index (χ0n) is 15.0. The second kappa shape index (κ2) is 8.84. The Morgan fingerprint density at radius 2 is 2.00 bits per heavy atom. The van der Waals surface area contributed by atoms with Crippen molar-refractivity contribution in [1.29, 1.82) is 5.26 Å². The predicted octanol–water partition coefficient (Wildman–Crippen LogP) is 4.59. The number of hydrogen-bond acceptors (Lipinski definition) is 6. The van der Waals surface area contributed by atoms with Crippen molar-refractivity contribution in [3.8, 4) is 28.8 Å². The molecule has 140 valence electrons. The van der Waals surface area contributed by atoms with Gasteiger partial charge in [-0.3, -0.25) is 0 Å². The Morgan fingerprint density at radius 1 is 1.21 bits per heavy atom. The normalized spacial score (nSPS) is 10.6. The molecule has 1 heterocycles. The molecule has 6 nitrogen and oxygen atoms in total. The summed E-state index contributed by atoms with van der Waals surface area (Å²) in [4.78, 5) is 16.3. The van der Waals surface area contributed by atoms with E-state index in [2.05, 4.69) is 4.98 Å². The SMILES string of the molecule is COc1cc(/C=C/c2nc(-c3ccccc3)c(C(=O)O)s2)ccc1OCC#N. The lowest BCUT2D eigenvalue weighted by Crippen LogP contribution is -1.96. The van der Waals surface area contributed by atoms with Crippen molar-refractivity contribution < 1.29 is 19.4 Å². The van der Waals surface area contributed by atoms with E-state index in [9.17, 15) is 9.90 Å². The number of aromatic carboxylic acids is 1. The summed E-state index contributed by atoms with van der Waals surface area (Å²) < 4.78 is 10.6. The molecule has 0 bridgehead atoms. The number of thiazole rings is 1. The van der Waals surface area contributed by atoms with E-state index in [1.165, 1.54) is 7.11 Å². The van der Waals surface area contributed by atoms with Gasteiger partial charge in [-0.05, 0) is 23.8 Å². The van der Waals surface area contributed by atoms with Crippen molar-refractivity contribution in [2.24, 2.45) is 0 Å². The first-order chi connectivity index (χ1) is 13.6. The highest BCUT2D eigenvalue weighted by Crippen LogP contribution is 2.31. The van der Waals surface area contributed by atoms with Crippen LogP contribution in [0.1, 0.15) is 20.2 Å². The molecule has 3 rings (SSSR count). The number of hydrogen-bond donors (Lipinski definition) is 1. The smallest absolute Gasteiger partial charge is 0.348 e. The maximum atomic E-state index is 11.6. The van der Waals surface area contributed by atoms with E-state index < -0.39 is 5.97 Å². The summed E-state index contributed by atoms with van der Waals surface area (Å²) in [7, 11) is 1.52. The molecule has 0 radical (unpaired) electrons. The van der Waals surface area contributed by atoms with Gasteiger partial charge in [0.2, 0.25) is 0 Å². The zero-order valence-corrected chi connectivity index (χ0v) is 15.8. The molecular formula is C21H16N2O4S. The lowest BCUT2D eigenvalue weighted by Gasteiger charge is -2.08. The van der Waals surface area contributed by atoms with Crippen LogP contribution in [0.25, 0.3) is 23.4 Å². The Bertz CT molecular complexity index is 1050. The maximum absolute atomic E-state index is 11.6. The Labute approximate surface area is 165 Å². The summed E-state index contributed by atoms with van der Waals surface area (Å²) >= 11 is 1.12. The number of methoxy groups -OCH3 is 1. The van der Waals surface area contributed by atoms with Crippen LogP contribution >= 0.6 is 11.3 Å². The van der Waals surface area contributed by atoms with E-state index in [4.69, 9.17) is 14.7 Å². The number of carbonyl (C=O) groups is 1. The standard InChI is InChI=1S/C21H16N2O4S/c1-26-17-13-14(7-9-16(17)27-12-11-22)8-10-18-23-19(20(28-18)21(24)25)15-5-3-2-4-6-15/h2-10,13H,12H2,1H3,(H,24,25)/b10-8+. The molecule has 28 heavy (non-hydrogen) atoms. The van der Waals surface area contributed by atoms with E-state index in [0.29, 0.717) is 22.2 Å². The average Bonchev–Trinajstić information content (AvgIpc) is 3.16. The fourth-order valence-electron chi connectivity index (χ4n) is 2.53. The third-order valence-corrected chi connectivity index (χ3v) is 4.79. The second-order valence-corrected chi connectivity index (χ2v) is 6.62. The molecule has 7 heteroatoms. The van der Waals surface area contributed by atoms with Crippen LogP contribution in [0.4, 0.5) is 0 Å². The minimum Gasteiger partial charge on any atom is -0.493 e. The largest absolute Gasteiger partial charge is 0.493 e. The molecule has 0 fully saturated rings. The number of nitriles is 1. The fraction of sp³-hybridized carbons (Fsp3) is 0.0952. The predicted molar refractivity (Wildman–Crippen MR) is 108 cm³/mol. The zero-order chi connectivity index (χ0) is 19.9. The molecule has 0 amide bonds. The van der Waals surface area contributed by atoms with Gasteiger partial charge < -0.3 is 14.6 Å². The summed E-state index contributed by atoms with van der Waals surface area (Å²) in [6.45, 7) is -0.0646. The van der Waals surface area contributed by atoms with Gasteiger partial charge in [-0.2, -0.15) is 5.26 Å². The minimum absolute atomic E-state index is 0.0646. The quantitative estimate of drug-likeness (QED) is 0.632. The van der Waals surface area contributed by atoms with Gasteiger partial charge in [-0.25, -0.2) is 9.78 Å². The van der Waals surface area contributed by atoms with Crippen LogP contribution in [0.5, 0.6) is 11.5 Å². The topological polar surface area (TPSA) is 92.4 Å². The molecule has 0 spiro atoms. The first kappa shape index (κ1) is 19.1. The van der Waals surface area contributed by atoms with Gasteiger partial charge in [0.05, 0.1) is 12.8 Å². The Hall–Kier alpha value is -3.63. The highest BCUT2D eigenvalue weighted by atomic mass is 32.1. The summed E-state index contributed by atoms with van der Waals surface area (Å²) in [6.07, 6.45) is 3.57. The van der Waals surface area contributed by atoms with Gasteiger partial charge in [0.25, 0.3) is 0 Å². The molecule has 1 N–H and O–H groups in total. The number of ether oxygens (including phenoxy) is 2. The number of rotatable bonds is 7. The second-order valence-electron chi connectivity index (χ2n) is 5.59. The molecule has 0 aliphatic rings. The van der Waals surface area contributed by atoms with E-state index >= 15 is 0 Å². The first-order valence-electron chi connectivity index (χ1n) is 8.27. The highest BCUT2D eigenvalue weighted by molar-refractivity contribution is 7.15. The van der Waals surface area contributed by atoms with Crippen molar-refractivity contribution in [2.45, 2.75) is 0 Å². The van der Waals surface area contributed by atoms with Gasteiger partial charge in [0.15, 0.2) is 18.1 Å². The molecule has 0 aliphatic carbocycles. The number of carboxylic acid groups (broad SMARTS) is 1. The third kappa shape index (κ3) is 4.37. The highest BCUT2D eigenvalue weighted by Gasteiger charge is 2.17. The van der Waals surface area contributed by atoms with E-state index in [1.54, 1.807) is 18.2 Å². The van der Waals surface area contributed by atoms with Crippen LogP contribution in [0.3, 0.4) is 0 Å². The van der Waals surface area contributed by atoms with Gasteiger partial charge in [-0.1, -0.05) is 42.5 Å². The number of aromatic nitrogens is 1. The van der Waals surface area contributed by atoms with Crippen LogP contribution in [0.15, 0.2) is 48.5 Å². The number of benzene rings is 2. The Kier molecular flexibility index (Phi) is 6.04. The van der Waals surface area contributed by atoms with Crippen LogP contribution in [0, 0.1) is 11.3 Å². The van der Waals surface area contributed by atoms with Crippen molar-refractivity contribution in [3.05, 3.63) is 64.0 Å². The average molecular weight is 392 g/mol. The number of nitrogens with zero attached hydrogens (tertiary/aromatic N) is 2. The van der Waals surface area contributed by atoms with Crippen molar-refractivity contribution >= 4 is 29.5 Å². The van der Waals surface area contributed by atoms with E-state index in [0.717, 1.165) is 22.5 Å². The van der Waals surface area contributed by atoms with E-state index in [-0.39, 0.29) is 11.5 Å². The monoisotopic (exact) mass is 392 g/mol. The minimum atomic E-state index is -1.00. The molecule has 3 aromatic rings. The Balaban J connectivity index is 1.89. The summed E-state index contributed by atoms with van der Waals surface area (Å²) in [5.41, 5.74) is 2.04. The molecule has 0 unspecified atom stereocenters. The molecule has 0 saturated carbocycles. The van der Waals surface area contributed by atoms with Crippen LogP contribution in [-0.4, -0.2) is 29.8 Å². The summed E-state index contributed by atoms with van der Waals surface area (Å²) in [6, 6.07) is 16.4. The van der Waals surface area contributed by atoms with Crippen LogP contribution < -0.4 is 9.47 Å². The van der Waals surface area contributed by atoms with Gasteiger partial charge in [0, 0.05) is 5.56 Å². The maximum Gasteiger partial charge on any atom is 0.348 e. The van der Waals surface area contributed by atoms with Crippen LogP contribution in [0.2, 0.25) is 0 Å². The Morgan fingerprint density at radius 3 is 2.68 bits per heavy atom. The molecule has 0 atom stereocenters. The van der Waals surface area contributed by atoms with Gasteiger partial charge in [0.1, 0.15) is 16.0 Å². The fourth-order valence-corrected chi connectivity index (χ4v) is 3.36. The summed E-state index contributed by atoms with van der Waals surface area (Å²) in [5, 5.41) is 18.7. The van der Waals surface area contributed by atoms with Gasteiger partial charge in [-0.15, -0.1) is 11.3 Å². The lowest BCUT2D eigenvalue weighted by atomic mass is 10.1. The van der Waals surface area contributed by atoms with Crippen molar-refractivity contribution in [2.75, 3.05) is 13.7 Å². The van der Waals surface area contributed by atoms with Gasteiger partial charge >= 0.3 is 5.97 Å². The molecule has 0 saturated heterocycles. The van der Waals surface area contributed by atoms with Crippen molar-refractivity contribution in [1.82, 2.24) is 4.98 Å². The molecule has 2 aromatic carbocycles. The molecule has 1 aromatic heterocycles. The third-order valence-electron chi connectivity index (χ3n) is 3.78. The lowest BCUT2D eigenvalue weighted by molar-refractivity contribution is 0.0702. The van der Waals surface area contributed by atoms with E-state index in [1.807, 2.05) is 48.5 Å². The molecule has 0 aliphatic heterocycles.